The number of hydrogen-bond donors (Lipinski definition) is 0. The highest BCUT2D eigenvalue weighted by molar-refractivity contribution is 7.89. The highest BCUT2D eigenvalue weighted by Gasteiger charge is 2.34. The zero-order valence-corrected chi connectivity index (χ0v) is 18.2. The van der Waals surface area contributed by atoms with Gasteiger partial charge in [0.15, 0.2) is 5.78 Å². The summed E-state index contributed by atoms with van der Waals surface area (Å²) in [6.45, 7) is 6.24. The fourth-order valence-corrected chi connectivity index (χ4v) is 5.55. The van der Waals surface area contributed by atoms with Gasteiger partial charge in [0.1, 0.15) is 5.75 Å². The van der Waals surface area contributed by atoms with Crippen LogP contribution in [0.1, 0.15) is 43.6 Å². The largest absolute Gasteiger partial charge is 0.491 e. The van der Waals surface area contributed by atoms with Gasteiger partial charge in [-0.25, -0.2) is 8.42 Å². The molecule has 0 spiro atoms. The van der Waals surface area contributed by atoms with Crippen molar-refractivity contribution in [3.63, 3.8) is 0 Å². The van der Waals surface area contributed by atoms with Crippen molar-refractivity contribution in [1.29, 1.82) is 0 Å². The van der Waals surface area contributed by atoms with Gasteiger partial charge in [-0.2, -0.15) is 4.31 Å². The molecular weight excluding hydrogens is 400 g/mol. The van der Waals surface area contributed by atoms with E-state index in [2.05, 4.69) is 4.57 Å². The monoisotopic (exact) mass is 426 g/mol. The third kappa shape index (κ3) is 3.75. The molecule has 0 N–H and O–H groups in total. The molecule has 1 unspecified atom stereocenters. The van der Waals surface area contributed by atoms with E-state index in [9.17, 15) is 13.2 Å². The molecule has 0 radical (unpaired) electrons. The molecule has 158 valence electrons. The number of Topliss-reactive ketones (excluding diaryl/α,β-unsaturated/α-hetero) is 1. The van der Waals surface area contributed by atoms with Crippen LogP contribution >= 0.6 is 0 Å². The topological polar surface area (TPSA) is 68.6 Å². The summed E-state index contributed by atoms with van der Waals surface area (Å²) in [6, 6.07) is 14.3. The van der Waals surface area contributed by atoms with Crippen LogP contribution in [0.15, 0.2) is 59.6 Å². The minimum atomic E-state index is -3.59. The lowest BCUT2D eigenvalue weighted by Crippen LogP contribution is -2.29. The van der Waals surface area contributed by atoms with E-state index in [0.29, 0.717) is 30.8 Å². The van der Waals surface area contributed by atoms with Crippen LogP contribution in [-0.4, -0.2) is 42.3 Å². The SMILES string of the molecule is CC(=O)c1cn(C2CCN(S(=O)(=O)c3ccc(OC(C)C)cc3)C2)c2ccccc12. The van der Waals surface area contributed by atoms with Crippen LogP contribution in [0.2, 0.25) is 0 Å². The first-order chi connectivity index (χ1) is 14.3. The summed E-state index contributed by atoms with van der Waals surface area (Å²) in [5.74, 6) is 0.662. The van der Waals surface area contributed by atoms with Gasteiger partial charge in [-0.15, -0.1) is 0 Å². The van der Waals surface area contributed by atoms with E-state index in [4.69, 9.17) is 4.74 Å². The number of aromatic nitrogens is 1. The number of ketones is 1. The summed E-state index contributed by atoms with van der Waals surface area (Å²) in [6.07, 6.45) is 2.60. The Morgan fingerprint density at radius 2 is 1.80 bits per heavy atom. The highest BCUT2D eigenvalue weighted by Crippen LogP contribution is 2.32. The highest BCUT2D eigenvalue weighted by atomic mass is 32.2. The van der Waals surface area contributed by atoms with Crippen LogP contribution < -0.4 is 4.74 Å². The normalized spacial score (nSPS) is 17.7. The molecule has 1 aromatic heterocycles. The third-order valence-corrected chi connectivity index (χ3v) is 7.35. The summed E-state index contributed by atoms with van der Waals surface area (Å²) in [7, 11) is -3.59. The number of ether oxygens (including phenoxy) is 1. The molecule has 7 heteroatoms. The summed E-state index contributed by atoms with van der Waals surface area (Å²) in [5.41, 5.74) is 1.63. The zero-order valence-electron chi connectivity index (χ0n) is 17.4. The Morgan fingerprint density at radius 1 is 1.10 bits per heavy atom. The van der Waals surface area contributed by atoms with Crippen LogP contribution in [0.5, 0.6) is 5.75 Å². The number of hydrogen-bond acceptors (Lipinski definition) is 4. The van der Waals surface area contributed by atoms with Crippen molar-refractivity contribution in [2.45, 2.75) is 44.2 Å². The summed E-state index contributed by atoms with van der Waals surface area (Å²) in [5, 5.41) is 0.909. The molecule has 1 aliphatic heterocycles. The van der Waals surface area contributed by atoms with E-state index in [-0.39, 0.29) is 22.8 Å². The minimum Gasteiger partial charge on any atom is -0.491 e. The second-order valence-corrected chi connectivity index (χ2v) is 9.90. The summed E-state index contributed by atoms with van der Waals surface area (Å²) >= 11 is 0. The molecule has 2 aromatic carbocycles. The maximum absolute atomic E-state index is 13.1. The van der Waals surface area contributed by atoms with Crippen molar-refractivity contribution < 1.29 is 17.9 Å². The first-order valence-electron chi connectivity index (χ1n) is 10.1. The zero-order chi connectivity index (χ0) is 21.5. The maximum atomic E-state index is 13.1. The fraction of sp³-hybridized carbons (Fsp3) is 0.348. The van der Waals surface area contributed by atoms with Crippen molar-refractivity contribution in [3.05, 3.63) is 60.3 Å². The second-order valence-electron chi connectivity index (χ2n) is 7.97. The quantitative estimate of drug-likeness (QED) is 0.552. The first-order valence-corrected chi connectivity index (χ1v) is 11.6. The van der Waals surface area contributed by atoms with Gasteiger partial charge in [-0.3, -0.25) is 4.79 Å². The Balaban J connectivity index is 1.59. The van der Waals surface area contributed by atoms with Gasteiger partial charge in [-0.05, 0) is 57.5 Å². The van der Waals surface area contributed by atoms with Gasteiger partial charge in [0.05, 0.1) is 11.0 Å². The van der Waals surface area contributed by atoms with E-state index in [1.807, 2.05) is 44.3 Å². The van der Waals surface area contributed by atoms with Gasteiger partial charge in [0, 0.05) is 41.8 Å². The molecule has 1 saturated heterocycles. The molecule has 2 heterocycles. The fourth-order valence-electron chi connectivity index (χ4n) is 4.05. The van der Waals surface area contributed by atoms with E-state index in [1.54, 1.807) is 31.2 Å². The molecule has 30 heavy (non-hydrogen) atoms. The van der Waals surface area contributed by atoms with Crippen LogP contribution in [0.4, 0.5) is 0 Å². The molecule has 0 saturated carbocycles. The second kappa shape index (κ2) is 7.89. The predicted octanol–water partition coefficient (Wildman–Crippen LogP) is 4.27. The Kier molecular flexibility index (Phi) is 5.42. The van der Waals surface area contributed by atoms with Gasteiger partial charge in [0.2, 0.25) is 10.0 Å². The van der Waals surface area contributed by atoms with Crippen molar-refractivity contribution >= 4 is 26.7 Å². The van der Waals surface area contributed by atoms with Gasteiger partial charge < -0.3 is 9.30 Å². The number of rotatable bonds is 6. The average Bonchev–Trinajstić information content (AvgIpc) is 3.33. The molecule has 0 amide bonds. The number of sulfonamides is 1. The van der Waals surface area contributed by atoms with Gasteiger partial charge >= 0.3 is 0 Å². The van der Waals surface area contributed by atoms with Crippen LogP contribution in [0.3, 0.4) is 0 Å². The van der Waals surface area contributed by atoms with Crippen LogP contribution in [0, 0.1) is 0 Å². The Labute approximate surface area is 177 Å². The lowest BCUT2D eigenvalue weighted by molar-refractivity contribution is 0.101. The summed E-state index contributed by atoms with van der Waals surface area (Å²) in [4.78, 5) is 12.3. The molecular formula is C23H26N2O4S. The number of fused-ring (bicyclic) bond motifs is 1. The Hall–Kier alpha value is -2.64. The lowest BCUT2D eigenvalue weighted by atomic mass is 10.1. The number of carbonyl (C=O) groups excluding carboxylic acids is 1. The minimum absolute atomic E-state index is 0.0103. The third-order valence-electron chi connectivity index (χ3n) is 5.47. The van der Waals surface area contributed by atoms with Crippen molar-refractivity contribution in [2.75, 3.05) is 13.1 Å². The number of nitrogens with zero attached hydrogens (tertiary/aromatic N) is 2. The van der Waals surface area contributed by atoms with Gasteiger partial charge in [0.25, 0.3) is 0 Å². The van der Waals surface area contributed by atoms with E-state index in [1.165, 1.54) is 4.31 Å². The van der Waals surface area contributed by atoms with Crippen molar-refractivity contribution in [1.82, 2.24) is 8.87 Å². The van der Waals surface area contributed by atoms with E-state index >= 15 is 0 Å². The Morgan fingerprint density at radius 3 is 2.47 bits per heavy atom. The molecule has 4 rings (SSSR count). The molecule has 1 aliphatic rings. The molecule has 0 aliphatic carbocycles. The molecule has 1 fully saturated rings. The number of benzene rings is 2. The van der Waals surface area contributed by atoms with Crippen LogP contribution in [0.25, 0.3) is 10.9 Å². The predicted molar refractivity (Wildman–Crippen MR) is 117 cm³/mol. The Bertz CT molecular complexity index is 1180. The van der Waals surface area contributed by atoms with Gasteiger partial charge in [-0.1, -0.05) is 18.2 Å². The molecule has 3 aromatic rings. The standard InChI is InChI=1S/C23H26N2O4S/c1-16(2)29-19-8-10-20(11-9-19)30(27,28)24-13-12-18(14-24)25-15-22(17(3)26)21-6-4-5-7-23(21)25/h4-11,15-16,18H,12-14H2,1-3H3. The van der Waals surface area contributed by atoms with Crippen LogP contribution in [-0.2, 0) is 10.0 Å². The van der Waals surface area contributed by atoms with E-state index in [0.717, 1.165) is 10.9 Å². The molecule has 1 atom stereocenters. The number of para-hydroxylation sites is 1. The van der Waals surface area contributed by atoms with E-state index < -0.39 is 10.0 Å². The lowest BCUT2D eigenvalue weighted by Gasteiger charge is -2.18. The van der Waals surface area contributed by atoms with Crippen molar-refractivity contribution in [2.24, 2.45) is 0 Å². The van der Waals surface area contributed by atoms with Crippen molar-refractivity contribution in [3.8, 4) is 5.75 Å². The first kappa shape index (κ1) is 20.6. The molecule has 0 bridgehead atoms. The molecule has 6 nitrogen and oxygen atoms in total. The summed E-state index contributed by atoms with van der Waals surface area (Å²) < 4.78 is 35.5. The maximum Gasteiger partial charge on any atom is 0.243 e. The smallest absolute Gasteiger partial charge is 0.243 e. The average molecular weight is 427 g/mol. The number of carbonyl (C=O) groups is 1.